The van der Waals surface area contributed by atoms with Crippen molar-refractivity contribution in [3.05, 3.63) is 231 Å². The van der Waals surface area contributed by atoms with Gasteiger partial charge in [0.25, 0.3) is 0 Å². The largest absolute Gasteiger partial charge is 0.226 e. The summed E-state index contributed by atoms with van der Waals surface area (Å²) in [5.41, 5.74) is 18.1. The third-order valence-electron chi connectivity index (χ3n) is 11.5. The quantitative estimate of drug-likeness (QED) is 0.153. The Kier molecular flexibility index (Phi) is 9.42. The van der Waals surface area contributed by atoms with Gasteiger partial charge in [-0.05, 0) is 115 Å². The molecule has 61 heavy (non-hydrogen) atoms. The molecule has 0 spiro atoms. The Morgan fingerprint density at radius 2 is 0.607 bits per heavy atom. The van der Waals surface area contributed by atoms with E-state index in [0.29, 0.717) is 5.82 Å². The van der Waals surface area contributed by atoms with Crippen molar-refractivity contribution >= 4 is 31.6 Å². The van der Waals surface area contributed by atoms with E-state index in [-0.39, 0.29) is 0 Å². The fourth-order valence-corrected chi connectivity index (χ4v) is 9.53. The summed E-state index contributed by atoms with van der Waals surface area (Å²) in [4.78, 5) is 10.7. The Labute approximate surface area is 359 Å². The van der Waals surface area contributed by atoms with E-state index in [4.69, 9.17) is 9.97 Å². The highest BCUT2D eigenvalue weighted by Gasteiger charge is 2.18. The number of hydrogen-bond donors (Lipinski definition) is 0. The molecule has 0 bridgehead atoms. The molecule has 0 saturated carbocycles. The zero-order valence-corrected chi connectivity index (χ0v) is 34.1. The maximum Gasteiger partial charge on any atom is 0.160 e. The maximum atomic E-state index is 5.37. The van der Waals surface area contributed by atoms with Gasteiger partial charge in [0, 0.05) is 21.2 Å². The lowest BCUT2D eigenvalue weighted by Crippen LogP contribution is -1.94. The zero-order chi connectivity index (χ0) is 40.5. The van der Waals surface area contributed by atoms with Crippen molar-refractivity contribution in [2.75, 3.05) is 0 Å². The molecule has 3 heteroatoms. The number of fused-ring (bicyclic) bond motifs is 3. The first-order valence-corrected chi connectivity index (χ1v) is 21.4. The Balaban J connectivity index is 1.01. The summed E-state index contributed by atoms with van der Waals surface area (Å²) in [6, 6.07) is 82.5. The van der Waals surface area contributed by atoms with Gasteiger partial charge >= 0.3 is 0 Å². The molecule has 0 radical (unpaired) electrons. The molecule has 0 saturated heterocycles. The number of aromatic nitrogens is 2. The molecular weight excluding hydrogens is 757 g/mol. The topological polar surface area (TPSA) is 25.8 Å². The molecule has 0 aliphatic rings. The van der Waals surface area contributed by atoms with E-state index >= 15 is 0 Å². The maximum absolute atomic E-state index is 5.37. The van der Waals surface area contributed by atoms with Crippen LogP contribution in [0.5, 0.6) is 0 Å². The summed E-state index contributed by atoms with van der Waals surface area (Å²) in [7, 11) is 0. The van der Waals surface area contributed by atoms with E-state index in [1.165, 1.54) is 49.2 Å². The number of nitrogens with zero attached hydrogens (tertiary/aromatic N) is 2. The van der Waals surface area contributed by atoms with Gasteiger partial charge in [0.05, 0.1) is 15.9 Å². The van der Waals surface area contributed by atoms with Crippen LogP contribution in [0.1, 0.15) is 0 Å². The van der Waals surface area contributed by atoms with Gasteiger partial charge in [0.15, 0.2) is 5.82 Å². The Morgan fingerprint density at radius 1 is 0.262 bits per heavy atom. The van der Waals surface area contributed by atoms with Crippen LogP contribution in [-0.4, -0.2) is 9.97 Å². The number of benzene rings is 9. The van der Waals surface area contributed by atoms with Crippen LogP contribution in [0.25, 0.3) is 110 Å². The van der Waals surface area contributed by atoms with Crippen molar-refractivity contribution in [3.8, 4) is 89.4 Å². The van der Waals surface area contributed by atoms with Crippen LogP contribution >= 0.6 is 11.3 Å². The summed E-state index contributed by atoms with van der Waals surface area (Å²) < 4.78 is 2.31. The highest BCUT2D eigenvalue weighted by atomic mass is 32.1. The van der Waals surface area contributed by atoms with E-state index < -0.39 is 0 Å². The van der Waals surface area contributed by atoms with Gasteiger partial charge in [-0.25, -0.2) is 9.97 Å². The minimum absolute atomic E-state index is 0.715. The monoisotopic (exact) mass is 794 g/mol. The summed E-state index contributed by atoms with van der Waals surface area (Å²) >= 11 is 1.76. The summed E-state index contributed by atoms with van der Waals surface area (Å²) in [6.45, 7) is 0. The minimum atomic E-state index is 0.715. The molecule has 0 unspecified atom stereocenters. The number of thiophene rings is 1. The molecule has 0 atom stereocenters. The van der Waals surface area contributed by atoms with E-state index in [1.54, 1.807) is 11.3 Å². The van der Waals surface area contributed by atoms with Crippen molar-refractivity contribution in [3.63, 3.8) is 0 Å². The van der Waals surface area contributed by atoms with Crippen LogP contribution < -0.4 is 0 Å². The van der Waals surface area contributed by atoms with Gasteiger partial charge in [-0.2, -0.15) is 0 Å². The average Bonchev–Trinajstić information content (AvgIpc) is 3.73. The molecule has 286 valence electrons. The third-order valence-corrected chi connectivity index (χ3v) is 12.6. The van der Waals surface area contributed by atoms with E-state index in [2.05, 4.69) is 231 Å². The SMILES string of the molecule is c1ccc(-c2cccc(-c3cc(-c4ccccc4)cc(-c4cccc(-c5cccc(-c6nc(-c7cccc(-c8ccccc8)c7)c7sc8ccccc8c7n6)c5)c4)c3)c2)cc1. The van der Waals surface area contributed by atoms with Crippen molar-refractivity contribution < 1.29 is 0 Å². The number of rotatable bonds is 8. The fraction of sp³-hybridized carbons (Fsp3) is 0. The molecule has 0 aliphatic carbocycles. The van der Waals surface area contributed by atoms with Crippen LogP contribution in [0.2, 0.25) is 0 Å². The summed E-state index contributed by atoms with van der Waals surface area (Å²) in [5, 5.41) is 1.15. The third kappa shape index (κ3) is 7.22. The van der Waals surface area contributed by atoms with Gasteiger partial charge in [-0.1, -0.05) is 182 Å². The summed E-state index contributed by atoms with van der Waals surface area (Å²) in [5.74, 6) is 0.715. The van der Waals surface area contributed by atoms with Gasteiger partial charge < -0.3 is 0 Å². The van der Waals surface area contributed by atoms with Crippen molar-refractivity contribution in [2.24, 2.45) is 0 Å². The molecule has 0 fully saturated rings. The van der Waals surface area contributed by atoms with Crippen molar-refractivity contribution in [1.82, 2.24) is 9.97 Å². The molecule has 2 heterocycles. The van der Waals surface area contributed by atoms with Crippen molar-refractivity contribution in [2.45, 2.75) is 0 Å². The molecule has 11 aromatic rings. The lowest BCUT2D eigenvalue weighted by Gasteiger charge is -2.13. The molecule has 9 aromatic carbocycles. The normalized spacial score (nSPS) is 11.3. The van der Waals surface area contributed by atoms with Crippen LogP contribution in [-0.2, 0) is 0 Å². The minimum Gasteiger partial charge on any atom is -0.226 e. The first-order chi connectivity index (χ1) is 30.2. The first kappa shape index (κ1) is 36.4. The molecule has 2 nitrogen and oxygen atoms in total. The lowest BCUT2D eigenvalue weighted by molar-refractivity contribution is 1.24. The van der Waals surface area contributed by atoms with Gasteiger partial charge in [0.2, 0.25) is 0 Å². The molecule has 0 amide bonds. The smallest absolute Gasteiger partial charge is 0.160 e. The lowest BCUT2D eigenvalue weighted by atomic mass is 9.91. The molecule has 0 N–H and O–H groups in total. The highest BCUT2D eigenvalue weighted by Crippen LogP contribution is 2.41. The highest BCUT2D eigenvalue weighted by molar-refractivity contribution is 7.26. The van der Waals surface area contributed by atoms with Gasteiger partial charge in [0.1, 0.15) is 0 Å². The molecule has 0 aliphatic heterocycles. The standard InChI is InChI=1S/C58H38N2S/c1-4-16-39(17-5-1)42-22-12-26-46(32-42)51-36-50(41-20-8-3-9-21-41)37-52(38-51)47-27-13-24-44(33-47)45-25-15-29-49(35-45)58-59-55(57-56(60-58)53-30-10-11-31-54(53)61-57)48-28-14-23-43(34-48)40-18-6-2-7-19-40/h1-38H. The zero-order valence-electron chi connectivity index (χ0n) is 33.2. The average molecular weight is 795 g/mol. The molecular formula is C58H38N2S. The van der Waals surface area contributed by atoms with Crippen LogP contribution in [0.3, 0.4) is 0 Å². The molecule has 11 rings (SSSR count). The van der Waals surface area contributed by atoms with Crippen molar-refractivity contribution in [1.29, 1.82) is 0 Å². The Hall–Kier alpha value is -7.72. The second-order valence-corrected chi connectivity index (χ2v) is 16.4. The van der Waals surface area contributed by atoms with Crippen LogP contribution in [0, 0.1) is 0 Å². The van der Waals surface area contributed by atoms with E-state index in [0.717, 1.165) is 54.7 Å². The Morgan fingerprint density at radius 3 is 1.15 bits per heavy atom. The van der Waals surface area contributed by atoms with Gasteiger partial charge in [-0.15, -0.1) is 11.3 Å². The van der Waals surface area contributed by atoms with Crippen LogP contribution in [0.15, 0.2) is 231 Å². The van der Waals surface area contributed by atoms with Gasteiger partial charge in [-0.3, -0.25) is 0 Å². The van der Waals surface area contributed by atoms with E-state index in [9.17, 15) is 0 Å². The Bertz CT molecular complexity index is 3350. The summed E-state index contributed by atoms with van der Waals surface area (Å²) in [6.07, 6.45) is 0. The second-order valence-electron chi connectivity index (χ2n) is 15.4. The van der Waals surface area contributed by atoms with Crippen LogP contribution in [0.4, 0.5) is 0 Å². The fourth-order valence-electron chi connectivity index (χ4n) is 8.38. The predicted octanol–water partition coefficient (Wildman–Crippen LogP) is 16.2. The van der Waals surface area contributed by atoms with E-state index in [1.807, 2.05) is 0 Å². The molecule has 2 aromatic heterocycles. The second kappa shape index (κ2) is 15.8. The first-order valence-electron chi connectivity index (χ1n) is 20.6. The number of hydrogen-bond acceptors (Lipinski definition) is 3. The predicted molar refractivity (Wildman–Crippen MR) is 258 cm³/mol.